The fourth-order valence-corrected chi connectivity index (χ4v) is 5.25. The Morgan fingerprint density at radius 1 is 1.00 bits per heavy atom. The van der Waals surface area contributed by atoms with Gasteiger partial charge in [-0.25, -0.2) is 4.90 Å². The molecule has 0 spiro atoms. The number of anilines is 1. The molecule has 0 radical (unpaired) electrons. The molecule has 4 atom stereocenters. The maximum atomic E-state index is 13.6. The Morgan fingerprint density at radius 2 is 1.71 bits per heavy atom. The number of hydrazone groups is 1. The van der Waals surface area contributed by atoms with Crippen LogP contribution in [0.25, 0.3) is 0 Å². The van der Waals surface area contributed by atoms with Crippen molar-refractivity contribution in [1.29, 1.82) is 0 Å². The van der Waals surface area contributed by atoms with Gasteiger partial charge in [-0.2, -0.15) is 5.10 Å². The summed E-state index contributed by atoms with van der Waals surface area (Å²) in [6.07, 6.45) is 4.97. The second-order valence-electron chi connectivity index (χ2n) is 8.11. The van der Waals surface area contributed by atoms with Crippen molar-refractivity contribution >= 4 is 58.7 Å². The lowest BCUT2D eigenvalue weighted by atomic mass is 9.86. The quantitative estimate of drug-likeness (QED) is 0.277. The van der Waals surface area contributed by atoms with Crippen LogP contribution in [0.2, 0.25) is 10.0 Å². The number of carbonyl (C=O) groups is 4. The second-order valence-corrected chi connectivity index (χ2v) is 8.95. The van der Waals surface area contributed by atoms with Crippen molar-refractivity contribution < 1.29 is 23.9 Å². The summed E-state index contributed by atoms with van der Waals surface area (Å²) in [5.74, 6) is -3.29. The Balaban J connectivity index is 1.53. The molecule has 0 aliphatic carbocycles. The molecule has 0 unspecified atom stereocenters. The first kappa shape index (κ1) is 22.3. The monoisotopic (exact) mass is 497 g/mol. The lowest BCUT2D eigenvalue weighted by molar-refractivity contribution is -0.132. The molecule has 2 amide bonds. The van der Waals surface area contributed by atoms with Crippen molar-refractivity contribution in [3.8, 4) is 5.75 Å². The van der Waals surface area contributed by atoms with E-state index in [1.807, 2.05) is 0 Å². The number of allylic oxidation sites excluding steroid dienone is 1. The number of Topliss-reactive ketones (excluding diaryl/α,β-unsaturated/α-hetero) is 1. The van der Waals surface area contributed by atoms with Crippen molar-refractivity contribution in [3.05, 3.63) is 70.2 Å². The molecule has 3 aliphatic rings. The van der Waals surface area contributed by atoms with Gasteiger partial charge in [-0.3, -0.25) is 24.2 Å². The van der Waals surface area contributed by atoms with Crippen molar-refractivity contribution in [2.24, 2.45) is 16.9 Å². The Hall–Kier alpha value is -3.49. The third-order valence-corrected chi connectivity index (χ3v) is 6.65. The van der Waals surface area contributed by atoms with Gasteiger partial charge in [0.25, 0.3) is 0 Å². The summed E-state index contributed by atoms with van der Waals surface area (Å²) in [6, 6.07) is 8.99. The summed E-state index contributed by atoms with van der Waals surface area (Å²) in [5.41, 5.74) is 0.524. The fraction of sp³-hybridized carbons (Fsp3) is 0.208. The number of amides is 2. The summed E-state index contributed by atoms with van der Waals surface area (Å²) in [7, 11) is 0. The van der Waals surface area contributed by atoms with Gasteiger partial charge in [-0.1, -0.05) is 29.3 Å². The molecule has 3 heterocycles. The number of esters is 1. The van der Waals surface area contributed by atoms with Gasteiger partial charge in [0.1, 0.15) is 11.8 Å². The highest BCUT2D eigenvalue weighted by Gasteiger charge is 2.64. The molecule has 2 fully saturated rings. The molecule has 0 N–H and O–H groups in total. The van der Waals surface area contributed by atoms with Gasteiger partial charge in [0, 0.05) is 23.7 Å². The Kier molecular flexibility index (Phi) is 5.50. The van der Waals surface area contributed by atoms with Crippen molar-refractivity contribution in [1.82, 2.24) is 5.01 Å². The third-order valence-electron chi connectivity index (χ3n) is 6.11. The van der Waals surface area contributed by atoms with Crippen LogP contribution in [-0.4, -0.2) is 46.9 Å². The summed E-state index contributed by atoms with van der Waals surface area (Å²) in [5, 5.41) is 6.37. The van der Waals surface area contributed by atoms with Crippen molar-refractivity contribution in [2.45, 2.75) is 19.0 Å². The second kappa shape index (κ2) is 8.38. The van der Waals surface area contributed by atoms with E-state index < -0.39 is 41.7 Å². The number of imide groups is 1. The predicted octanol–water partition coefficient (Wildman–Crippen LogP) is 3.52. The average Bonchev–Trinajstić information content (AvgIpc) is 3.27. The maximum absolute atomic E-state index is 13.6. The van der Waals surface area contributed by atoms with E-state index in [9.17, 15) is 19.2 Å². The number of ether oxygens (including phenoxy) is 1. The number of hydrogen-bond acceptors (Lipinski definition) is 7. The van der Waals surface area contributed by atoms with E-state index in [4.69, 9.17) is 27.9 Å². The molecule has 2 saturated heterocycles. The van der Waals surface area contributed by atoms with Crippen LogP contribution in [0.5, 0.6) is 5.75 Å². The zero-order valence-electron chi connectivity index (χ0n) is 17.7. The van der Waals surface area contributed by atoms with Crippen molar-refractivity contribution in [2.75, 3.05) is 4.90 Å². The van der Waals surface area contributed by atoms with Crippen molar-refractivity contribution in [3.63, 3.8) is 0 Å². The van der Waals surface area contributed by atoms with Gasteiger partial charge in [0.05, 0.1) is 28.6 Å². The van der Waals surface area contributed by atoms with E-state index >= 15 is 0 Å². The number of ketones is 1. The number of fused-ring (bicyclic) bond motifs is 3. The van der Waals surface area contributed by atoms with Gasteiger partial charge in [-0.05, 0) is 48.5 Å². The lowest BCUT2D eigenvalue weighted by Crippen LogP contribution is -2.46. The van der Waals surface area contributed by atoms with E-state index in [0.717, 1.165) is 4.90 Å². The van der Waals surface area contributed by atoms with Crippen LogP contribution in [0.15, 0.2) is 59.7 Å². The molecule has 2 aromatic carbocycles. The van der Waals surface area contributed by atoms with E-state index in [1.165, 1.54) is 54.5 Å². The van der Waals surface area contributed by atoms with Crippen LogP contribution in [0, 0.1) is 11.8 Å². The Morgan fingerprint density at radius 3 is 2.38 bits per heavy atom. The fourth-order valence-electron chi connectivity index (χ4n) is 4.76. The number of nitrogens with zero attached hydrogens (tertiary/aromatic N) is 3. The summed E-state index contributed by atoms with van der Waals surface area (Å²) < 4.78 is 5.02. The van der Waals surface area contributed by atoms with E-state index in [0.29, 0.717) is 16.3 Å². The standard InChI is InChI=1S/C24H17Cl2N3O5/c1-12(30)34-15-7-4-13(5-8-15)22(31)21-20-19(18-3-2-10-27-29(18)21)23(32)28(24(20)33)17-9-6-14(25)11-16(17)26/h2-11,18-21H,1H3/t18-,19-,20+,21+/m1/s1. The first-order valence-electron chi connectivity index (χ1n) is 10.4. The van der Waals surface area contributed by atoms with Crippen LogP contribution in [0.3, 0.4) is 0 Å². The van der Waals surface area contributed by atoms with Gasteiger partial charge in [-0.15, -0.1) is 0 Å². The largest absolute Gasteiger partial charge is 0.427 e. The molecule has 3 aliphatic heterocycles. The molecule has 0 saturated carbocycles. The minimum Gasteiger partial charge on any atom is -0.427 e. The highest BCUT2D eigenvalue weighted by molar-refractivity contribution is 6.38. The van der Waals surface area contributed by atoms with Crippen LogP contribution in [-0.2, 0) is 14.4 Å². The Bertz CT molecular complexity index is 1290. The highest BCUT2D eigenvalue weighted by atomic mass is 35.5. The lowest BCUT2D eigenvalue weighted by Gasteiger charge is -2.30. The number of halogens is 2. The van der Waals surface area contributed by atoms with Gasteiger partial charge in [0.2, 0.25) is 11.8 Å². The molecule has 0 aromatic heterocycles. The molecule has 2 aromatic rings. The van der Waals surface area contributed by atoms with E-state index in [2.05, 4.69) is 5.10 Å². The van der Waals surface area contributed by atoms with Gasteiger partial charge < -0.3 is 4.74 Å². The molecule has 172 valence electrons. The number of rotatable bonds is 4. The normalized spacial score (nSPS) is 24.9. The molecule has 0 bridgehead atoms. The topological polar surface area (TPSA) is 96.3 Å². The zero-order chi connectivity index (χ0) is 24.1. The molecule has 34 heavy (non-hydrogen) atoms. The van der Waals surface area contributed by atoms with Gasteiger partial charge in [0.15, 0.2) is 5.78 Å². The smallest absolute Gasteiger partial charge is 0.308 e. The van der Waals surface area contributed by atoms with Crippen LogP contribution in [0.4, 0.5) is 5.69 Å². The molecular formula is C24H17Cl2N3O5. The first-order valence-corrected chi connectivity index (χ1v) is 11.2. The summed E-state index contributed by atoms with van der Waals surface area (Å²) >= 11 is 12.3. The summed E-state index contributed by atoms with van der Waals surface area (Å²) in [6.45, 7) is 1.28. The minimum absolute atomic E-state index is 0.159. The minimum atomic E-state index is -0.997. The zero-order valence-corrected chi connectivity index (χ0v) is 19.2. The van der Waals surface area contributed by atoms with Crippen LogP contribution in [0.1, 0.15) is 17.3 Å². The maximum Gasteiger partial charge on any atom is 0.308 e. The number of benzene rings is 2. The molecular weight excluding hydrogens is 481 g/mol. The Labute approximate surface area is 204 Å². The van der Waals surface area contributed by atoms with Crippen LogP contribution >= 0.6 is 23.2 Å². The predicted molar refractivity (Wildman–Crippen MR) is 125 cm³/mol. The molecule has 5 rings (SSSR count). The average molecular weight is 498 g/mol. The molecule has 10 heteroatoms. The summed E-state index contributed by atoms with van der Waals surface area (Å²) in [4.78, 5) is 52.9. The molecule has 8 nitrogen and oxygen atoms in total. The number of carbonyl (C=O) groups excluding carboxylic acids is 4. The van der Waals surface area contributed by atoms with E-state index in [1.54, 1.807) is 18.2 Å². The third kappa shape index (κ3) is 3.50. The van der Waals surface area contributed by atoms with Gasteiger partial charge >= 0.3 is 5.97 Å². The number of hydrogen-bond donors (Lipinski definition) is 0. The highest BCUT2D eigenvalue weighted by Crippen LogP contribution is 2.47. The van der Waals surface area contributed by atoms with E-state index in [-0.39, 0.29) is 16.5 Å². The SMILES string of the molecule is CC(=O)Oc1ccc(C(=O)[C@@H]2[C@H]3C(=O)N(c4ccc(Cl)cc4Cl)C(=O)[C@@H]3[C@H]3C=CC=NN32)cc1. The first-order chi connectivity index (χ1) is 16.3. The van der Waals surface area contributed by atoms with Crippen LogP contribution < -0.4 is 9.64 Å².